The lowest BCUT2D eigenvalue weighted by molar-refractivity contribution is 0.249. The van der Waals surface area contributed by atoms with Crippen molar-refractivity contribution in [2.45, 2.75) is 44.7 Å². The van der Waals surface area contributed by atoms with E-state index < -0.39 is 0 Å². The minimum atomic E-state index is -0.266. The molecule has 7 heteroatoms. The molecule has 0 amide bonds. The summed E-state index contributed by atoms with van der Waals surface area (Å²) in [5.41, 5.74) is 0.800. The molecule has 2 aliphatic rings. The van der Waals surface area contributed by atoms with Gasteiger partial charge >= 0.3 is 5.69 Å². The second kappa shape index (κ2) is 8.53. The van der Waals surface area contributed by atoms with Crippen LogP contribution >= 0.6 is 11.6 Å². The molecule has 2 aromatic rings. The fourth-order valence-corrected chi connectivity index (χ4v) is 4.47. The summed E-state index contributed by atoms with van der Waals surface area (Å²) >= 11 is 5.95. The van der Waals surface area contributed by atoms with E-state index in [9.17, 15) is 9.59 Å². The third kappa shape index (κ3) is 4.33. The zero-order chi connectivity index (χ0) is 19.5. The summed E-state index contributed by atoms with van der Waals surface area (Å²) in [6, 6.07) is 9.59. The summed E-state index contributed by atoms with van der Waals surface area (Å²) in [7, 11) is 0. The Kier molecular flexibility index (Phi) is 5.87. The predicted octanol–water partition coefficient (Wildman–Crippen LogP) is 3.02. The minimum Gasteiger partial charge on any atom is -0.355 e. The van der Waals surface area contributed by atoms with Crippen molar-refractivity contribution in [2.24, 2.45) is 0 Å². The number of hydrogen-bond acceptors (Lipinski definition) is 4. The van der Waals surface area contributed by atoms with E-state index in [-0.39, 0.29) is 17.3 Å². The van der Waals surface area contributed by atoms with Gasteiger partial charge in [-0.15, -0.1) is 0 Å². The molecule has 0 atom stereocenters. The van der Waals surface area contributed by atoms with Crippen LogP contribution < -0.4 is 16.1 Å². The molecule has 28 heavy (non-hydrogen) atoms. The first-order chi connectivity index (χ1) is 13.6. The number of halogens is 1. The van der Waals surface area contributed by atoms with E-state index in [0.29, 0.717) is 5.82 Å². The highest BCUT2D eigenvalue weighted by Crippen LogP contribution is 2.26. The van der Waals surface area contributed by atoms with Crippen LogP contribution in [-0.2, 0) is 6.54 Å². The molecule has 1 aliphatic carbocycles. The molecule has 1 aromatic heterocycles. The Morgan fingerprint density at radius 2 is 1.64 bits per heavy atom. The number of anilines is 1. The summed E-state index contributed by atoms with van der Waals surface area (Å²) in [6.45, 7) is 4.23. The van der Waals surface area contributed by atoms with Crippen LogP contribution in [0.5, 0.6) is 0 Å². The van der Waals surface area contributed by atoms with Gasteiger partial charge in [-0.1, -0.05) is 43.0 Å². The summed E-state index contributed by atoms with van der Waals surface area (Å²) < 4.78 is 1.43. The van der Waals surface area contributed by atoms with Crippen molar-refractivity contribution in [3.05, 3.63) is 61.8 Å². The number of rotatable bonds is 4. The number of H-pyrrole nitrogens is 1. The Balaban J connectivity index is 1.41. The molecule has 6 nitrogen and oxygen atoms in total. The largest absolute Gasteiger partial charge is 0.355 e. The fourth-order valence-electron chi connectivity index (χ4n) is 4.34. The fraction of sp³-hybridized carbons (Fsp3) is 0.524. The van der Waals surface area contributed by atoms with E-state index in [0.717, 1.165) is 63.4 Å². The molecule has 2 fully saturated rings. The normalized spacial score (nSPS) is 19.1. The van der Waals surface area contributed by atoms with E-state index in [2.05, 4.69) is 26.9 Å². The van der Waals surface area contributed by atoms with Crippen LogP contribution in [0.4, 0.5) is 5.82 Å². The van der Waals surface area contributed by atoms with Gasteiger partial charge < -0.3 is 4.90 Å². The van der Waals surface area contributed by atoms with Crippen LogP contribution in [0.25, 0.3) is 0 Å². The first-order valence-corrected chi connectivity index (χ1v) is 10.6. The summed E-state index contributed by atoms with van der Waals surface area (Å²) in [4.78, 5) is 32.7. The van der Waals surface area contributed by atoms with E-state index in [1.54, 1.807) is 6.07 Å². The SMILES string of the molecule is O=c1cc(N2CCN(Cc3ccc(Cl)cc3)CC2)[nH]c(=O)n1C1CCCCC1. The number of nitrogens with zero attached hydrogens (tertiary/aromatic N) is 3. The molecule has 0 bridgehead atoms. The number of hydrogen-bond donors (Lipinski definition) is 1. The number of aromatic nitrogens is 2. The Morgan fingerprint density at radius 1 is 0.964 bits per heavy atom. The van der Waals surface area contributed by atoms with Crippen LogP contribution in [0.2, 0.25) is 5.02 Å². The monoisotopic (exact) mass is 402 g/mol. The maximum Gasteiger partial charge on any atom is 0.330 e. The highest BCUT2D eigenvalue weighted by molar-refractivity contribution is 6.30. The summed E-state index contributed by atoms with van der Waals surface area (Å²) in [5.74, 6) is 0.646. The molecule has 2 heterocycles. The molecule has 0 unspecified atom stereocenters. The molecule has 1 saturated carbocycles. The summed E-state index contributed by atoms with van der Waals surface area (Å²) in [5, 5.41) is 0.750. The second-order valence-electron chi connectivity index (χ2n) is 7.85. The van der Waals surface area contributed by atoms with Crippen molar-refractivity contribution < 1.29 is 0 Å². The van der Waals surface area contributed by atoms with Crippen molar-refractivity contribution >= 4 is 17.4 Å². The number of aromatic amines is 1. The Morgan fingerprint density at radius 3 is 2.29 bits per heavy atom. The molecule has 1 aliphatic heterocycles. The zero-order valence-corrected chi connectivity index (χ0v) is 16.8. The summed E-state index contributed by atoms with van der Waals surface area (Å²) in [6.07, 6.45) is 5.22. The van der Waals surface area contributed by atoms with Gasteiger partial charge in [0.25, 0.3) is 5.56 Å². The van der Waals surface area contributed by atoms with Gasteiger partial charge in [-0.2, -0.15) is 0 Å². The molecule has 4 rings (SSSR count). The van der Waals surface area contributed by atoms with Gasteiger partial charge in [-0.25, -0.2) is 4.79 Å². The van der Waals surface area contributed by atoms with Crippen molar-refractivity contribution in [3.63, 3.8) is 0 Å². The molecule has 0 radical (unpaired) electrons. The van der Waals surface area contributed by atoms with Crippen molar-refractivity contribution in [1.29, 1.82) is 0 Å². The van der Waals surface area contributed by atoms with E-state index in [1.165, 1.54) is 16.6 Å². The second-order valence-corrected chi connectivity index (χ2v) is 8.29. The smallest absolute Gasteiger partial charge is 0.330 e. The zero-order valence-electron chi connectivity index (χ0n) is 16.1. The lowest BCUT2D eigenvalue weighted by atomic mass is 9.95. The van der Waals surface area contributed by atoms with E-state index in [1.807, 2.05) is 12.1 Å². The van der Waals surface area contributed by atoms with Crippen LogP contribution in [0, 0.1) is 0 Å². The third-order valence-electron chi connectivity index (χ3n) is 5.92. The van der Waals surface area contributed by atoms with Crippen LogP contribution in [-0.4, -0.2) is 40.6 Å². The van der Waals surface area contributed by atoms with Gasteiger partial charge in [0.1, 0.15) is 5.82 Å². The maximum absolute atomic E-state index is 12.6. The van der Waals surface area contributed by atoms with Crippen LogP contribution in [0.15, 0.2) is 39.9 Å². The van der Waals surface area contributed by atoms with Crippen molar-refractivity contribution in [2.75, 3.05) is 31.1 Å². The topological polar surface area (TPSA) is 61.3 Å². The first kappa shape index (κ1) is 19.3. The first-order valence-electron chi connectivity index (χ1n) is 10.2. The van der Waals surface area contributed by atoms with Gasteiger partial charge in [0.15, 0.2) is 0 Å². The van der Waals surface area contributed by atoms with Gasteiger partial charge in [0.2, 0.25) is 0 Å². The van der Waals surface area contributed by atoms with Crippen molar-refractivity contribution in [3.8, 4) is 0 Å². The average Bonchev–Trinajstić information content (AvgIpc) is 2.70. The molecular weight excluding hydrogens is 376 g/mol. The molecule has 1 N–H and O–H groups in total. The third-order valence-corrected chi connectivity index (χ3v) is 6.18. The van der Waals surface area contributed by atoms with Gasteiger partial charge in [0, 0.05) is 49.9 Å². The predicted molar refractivity (Wildman–Crippen MR) is 112 cm³/mol. The Hall–Kier alpha value is -2.05. The van der Waals surface area contributed by atoms with Gasteiger partial charge in [0.05, 0.1) is 0 Å². The molecule has 1 aromatic carbocycles. The van der Waals surface area contributed by atoms with E-state index >= 15 is 0 Å². The average molecular weight is 403 g/mol. The lowest BCUT2D eigenvalue weighted by Gasteiger charge is -2.35. The quantitative estimate of drug-likeness (QED) is 0.853. The Bertz CT molecular complexity index is 876. The van der Waals surface area contributed by atoms with Crippen LogP contribution in [0.3, 0.4) is 0 Å². The maximum atomic E-state index is 12.6. The van der Waals surface area contributed by atoms with Crippen molar-refractivity contribution in [1.82, 2.24) is 14.5 Å². The molecule has 1 saturated heterocycles. The van der Waals surface area contributed by atoms with Crippen LogP contribution in [0.1, 0.15) is 43.7 Å². The number of nitrogens with one attached hydrogen (secondary N) is 1. The Labute approximate surface area is 169 Å². The highest BCUT2D eigenvalue weighted by atomic mass is 35.5. The minimum absolute atomic E-state index is 0.0512. The van der Waals surface area contributed by atoms with E-state index in [4.69, 9.17) is 11.6 Å². The number of piperazine rings is 1. The number of benzene rings is 1. The van der Waals surface area contributed by atoms with Gasteiger partial charge in [-0.05, 0) is 30.5 Å². The highest BCUT2D eigenvalue weighted by Gasteiger charge is 2.22. The molecular formula is C21H27ClN4O2. The lowest BCUT2D eigenvalue weighted by Crippen LogP contribution is -2.48. The van der Waals surface area contributed by atoms with Gasteiger partial charge in [-0.3, -0.25) is 19.2 Å². The molecule has 0 spiro atoms. The molecule has 150 valence electrons. The standard InChI is InChI=1S/C21H27ClN4O2/c22-17-8-6-16(7-9-17)15-24-10-12-25(13-11-24)19-14-20(27)26(21(28)23-19)18-4-2-1-3-5-18/h6-9,14,18H,1-5,10-13,15H2,(H,23,28).